The van der Waals surface area contributed by atoms with Crippen LogP contribution in [-0.2, 0) is 16.0 Å². The standard InChI is InChI=1S/C15H18FNO3/c16-13-4-2-1-3-10(13)7-8-17-14(18)11-5-6-12(9-11)15(19)20/h1-4,11-12H,5-9H2,(H,17,18)(H,19,20)/t11-,12+/m1/s1. The molecule has 4 nitrogen and oxygen atoms in total. The van der Waals surface area contributed by atoms with Crippen LogP contribution in [0.3, 0.4) is 0 Å². The molecule has 20 heavy (non-hydrogen) atoms. The van der Waals surface area contributed by atoms with Gasteiger partial charge in [-0.05, 0) is 37.3 Å². The van der Waals surface area contributed by atoms with Gasteiger partial charge in [0.25, 0.3) is 0 Å². The fourth-order valence-electron chi connectivity index (χ4n) is 2.61. The van der Waals surface area contributed by atoms with Crippen molar-refractivity contribution in [2.75, 3.05) is 6.54 Å². The van der Waals surface area contributed by atoms with Gasteiger partial charge in [-0.25, -0.2) is 4.39 Å². The molecule has 0 heterocycles. The number of nitrogens with one attached hydrogen (secondary N) is 1. The molecule has 0 saturated heterocycles. The number of benzene rings is 1. The molecule has 2 atom stereocenters. The Morgan fingerprint density at radius 3 is 2.60 bits per heavy atom. The summed E-state index contributed by atoms with van der Waals surface area (Å²) >= 11 is 0. The van der Waals surface area contributed by atoms with E-state index in [4.69, 9.17) is 5.11 Å². The zero-order chi connectivity index (χ0) is 14.5. The number of hydrogen-bond acceptors (Lipinski definition) is 2. The molecule has 2 N–H and O–H groups in total. The molecule has 1 aliphatic carbocycles. The smallest absolute Gasteiger partial charge is 0.306 e. The predicted octanol–water partition coefficient (Wildman–Crippen LogP) is 1.99. The van der Waals surface area contributed by atoms with Gasteiger partial charge in [0.1, 0.15) is 5.82 Å². The van der Waals surface area contributed by atoms with Crippen LogP contribution in [0, 0.1) is 17.7 Å². The lowest BCUT2D eigenvalue weighted by atomic mass is 10.0. The highest BCUT2D eigenvalue weighted by Gasteiger charge is 2.33. The minimum Gasteiger partial charge on any atom is -0.481 e. The molecule has 0 spiro atoms. The summed E-state index contributed by atoms with van der Waals surface area (Å²) in [7, 11) is 0. The predicted molar refractivity (Wildman–Crippen MR) is 71.6 cm³/mol. The third kappa shape index (κ3) is 3.56. The second-order valence-electron chi connectivity index (χ2n) is 5.18. The number of carbonyl (C=O) groups excluding carboxylic acids is 1. The van der Waals surface area contributed by atoms with E-state index in [1.807, 2.05) is 0 Å². The van der Waals surface area contributed by atoms with Crippen LogP contribution in [0.1, 0.15) is 24.8 Å². The van der Waals surface area contributed by atoms with Gasteiger partial charge >= 0.3 is 5.97 Å². The average molecular weight is 279 g/mol. The van der Waals surface area contributed by atoms with Gasteiger partial charge in [-0.2, -0.15) is 0 Å². The summed E-state index contributed by atoms with van der Waals surface area (Å²) in [6.45, 7) is 0.369. The molecule has 1 aromatic rings. The van der Waals surface area contributed by atoms with Crippen molar-refractivity contribution in [3.63, 3.8) is 0 Å². The number of aliphatic carboxylic acids is 1. The van der Waals surface area contributed by atoms with E-state index in [9.17, 15) is 14.0 Å². The molecule has 5 heteroatoms. The van der Waals surface area contributed by atoms with Gasteiger partial charge in [0.2, 0.25) is 5.91 Å². The van der Waals surface area contributed by atoms with Gasteiger partial charge in [0.15, 0.2) is 0 Å². The third-order valence-electron chi connectivity index (χ3n) is 3.80. The molecule has 2 rings (SSSR count). The van der Waals surface area contributed by atoms with E-state index in [-0.39, 0.29) is 17.6 Å². The summed E-state index contributed by atoms with van der Waals surface area (Å²) in [6.07, 6.45) is 2.01. The van der Waals surface area contributed by atoms with Crippen LogP contribution in [0.25, 0.3) is 0 Å². The molecule has 1 amide bonds. The van der Waals surface area contributed by atoms with Crippen molar-refractivity contribution < 1.29 is 19.1 Å². The largest absolute Gasteiger partial charge is 0.481 e. The van der Waals surface area contributed by atoms with Crippen molar-refractivity contribution in [1.82, 2.24) is 5.32 Å². The summed E-state index contributed by atoms with van der Waals surface area (Å²) in [5.41, 5.74) is 0.572. The van der Waals surface area contributed by atoms with Crippen LogP contribution < -0.4 is 5.32 Å². The van der Waals surface area contributed by atoms with E-state index in [0.717, 1.165) is 0 Å². The molecule has 108 valence electrons. The SMILES string of the molecule is O=C(O)[C@H]1CC[C@@H](C(=O)NCCc2ccccc2F)C1. The molecule has 1 aliphatic rings. The van der Waals surface area contributed by atoms with E-state index in [2.05, 4.69) is 5.32 Å². The highest BCUT2D eigenvalue weighted by atomic mass is 19.1. The Kier molecular flexibility index (Phi) is 4.71. The lowest BCUT2D eigenvalue weighted by molar-refractivity contribution is -0.141. The monoisotopic (exact) mass is 279 g/mol. The van der Waals surface area contributed by atoms with Crippen molar-refractivity contribution in [1.29, 1.82) is 0 Å². The highest BCUT2D eigenvalue weighted by Crippen LogP contribution is 2.31. The molecule has 1 aromatic carbocycles. The van der Waals surface area contributed by atoms with Crippen molar-refractivity contribution in [2.45, 2.75) is 25.7 Å². The Labute approximate surface area is 117 Å². The number of amides is 1. The maximum Gasteiger partial charge on any atom is 0.306 e. The first-order valence-corrected chi connectivity index (χ1v) is 6.82. The van der Waals surface area contributed by atoms with Crippen LogP contribution in [0.2, 0.25) is 0 Å². The zero-order valence-electron chi connectivity index (χ0n) is 11.1. The Balaban J connectivity index is 1.76. The molecule has 0 aromatic heterocycles. The molecule has 0 bridgehead atoms. The molecule has 1 fully saturated rings. The van der Waals surface area contributed by atoms with E-state index >= 15 is 0 Å². The summed E-state index contributed by atoms with van der Waals surface area (Å²) in [5, 5.41) is 11.7. The Morgan fingerprint density at radius 1 is 1.25 bits per heavy atom. The minimum absolute atomic E-state index is 0.120. The Hall–Kier alpha value is -1.91. The van der Waals surface area contributed by atoms with Crippen molar-refractivity contribution in [2.24, 2.45) is 11.8 Å². The number of carbonyl (C=O) groups is 2. The summed E-state index contributed by atoms with van der Waals surface area (Å²) in [4.78, 5) is 22.7. The zero-order valence-corrected chi connectivity index (χ0v) is 11.1. The quantitative estimate of drug-likeness (QED) is 0.866. The van der Waals surface area contributed by atoms with E-state index in [0.29, 0.717) is 37.8 Å². The fraction of sp³-hybridized carbons (Fsp3) is 0.467. The summed E-state index contributed by atoms with van der Waals surface area (Å²) < 4.78 is 13.4. The molecule has 0 radical (unpaired) electrons. The maximum atomic E-state index is 13.4. The Morgan fingerprint density at radius 2 is 1.95 bits per heavy atom. The first kappa shape index (κ1) is 14.5. The van der Waals surface area contributed by atoms with Gasteiger partial charge in [-0.15, -0.1) is 0 Å². The lowest BCUT2D eigenvalue weighted by Crippen LogP contribution is -2.31. The number of carboxylic acids is 1. The van der Waals surface area contributed by atoms with Gasteiger partial charge in [0.05, 0.1) is 5.92 Å². The van der Waals surface area contributed by atoms with Crippen LogP contribution in [0.15, 0.2) is 24.3 Å². The second kappa shape index (κ2) is 6.50. The van der Waals surface area contributed by atoms with E-state index < -0.39 is 11.9 Å². The lowest BCUT2D eigenvalue weighted by Gasteiger charge is -2.11. The van der Waals surface area contributed by atoms with Gasteiger partial charge < -0.3 is 10.4 Å². The van der Waals surface area contributed by atoms with Crippen molar-refractivity contribution >= 4 is 11.9 Å². The van der Waals surface area contributed by atoms with E-state index in [1.165, 1.54) is 6.07 Å². The van der Waals surface area contributed by atoms with Crippen molar-refractivity contribution in [3.8, 4) is 0 Å². The maximum absolute atomic E-state index is 13.4. The normalized spacial score (nSPS) is 21.6. The minimum atomic E-state index is -0.827. The van der Waals surface area contributed by atoms with E-state index in [1.54, 1.807) is 18.2 Å². The van der Waals surface area contributed by atoms with Crippen molar-refractivity contribution in [3.05, 3.63) is 35.6 Å². The van der Waals surface area contributed by atoms with Gasteiger partial charge in [0, 0.05) is 12.5 Å². The third-order valence-corrected chi connectivity index (χ3v) is 3.80. The molecule has 0 unspecified atom stereocenters. The second-order valence-corrected chi connectivity index (χ2v) is 5.18. The van der Waals surface area contributed by atoms with Gasteiger partial charge in [-0.1, -0.05) is 18.2 Å². The summed E-state index contributed by atoms with van der Waals surface area (Å²) in [6, 6.07) is 6.47. The highest BCUT2D eigenvalue weighted by molar-refractivity contribution is 5.80. The Bertz CT molecular complexity index is 504. The first-order valence-electron chi connectivity index (χ1n) is 6.82. The van der Waals surface area contributed by atoms with Crippen LogP contribution in [0.4, 0.5) is 4.39 Å². The fourth-order valence-corrected chi connectivity index (χ4v) is 2.61. The number of halogens is 1. The summed E-state index contributed by atoms with van der Waals surface area (Å²) in [5.74, 6) is -1.85. The van der Waals surface area contributed by atoms with Crippen LogP contribution in [0.5, 0.6) is 0 Å². The molecular weight excluding hydrogens is 261 g/mol. The topological polar surface area (TPSA) is 66.4 Å². The number of carboxylic acid groups (broad SMARTS) is 1. The average Bonchev–Trinajstić information content (AvgIpc) is 2.91. The molecule has 0 aliphatic heterocycles. The van der Waals surface area contributed by atoms with Crippen LogP contribution in [-0.4, -0.2) is 23.5 Å². The number of rotatable bonds is 5. The molecule has 1 saturated carbocycles. The molecular formula is C15H18FNO3. The van der Waals surface area contributed by atoms with Gasteiger partial charge in [-0.3, -0.25) is 9.59 Å². The van der Waals surface area contributed by atoms with Crippen LogP contribution >= 0.6 is 0 Å². The first-order chi connectivity index (χ1) is 9.58. The number of hydrogen-bond donors (Lipinski definition) is 2.